The van der Waals surface area contributed by atoms with Gasteiger partial charge in [0.2, 0.25) is 0 Å². The molecule has 0 saturated carbocycles. The third-order valence-electron chi connectivity index (χ3n) is 1.66. The van der Waals surface area contributed by atoms with Crippen LogP contribution < -0.4 is 0 Å². The number of hydrogen-bond donors (Lipinski definition) is 1. The van der Waals surface area contributed by atoms with Crippen LogP contribution in [0.2, 0.25) is 0 Å². The van der Waals surface area contributed by atoms with Crippen LogP contribution in [0.1, 0.15) is 11.1 Å². The summed E-state index contributed by atoms with van der Waals surface area (Å²) in [5.74, 6) is 2.92. The molecule has 0 aliphatic rings. The van der Waals surface area contributed by atoms with E-state index in [1.165, 1.54) is 12.1 Å². The van der Waals surface area contributed by atoms with Gasteiger partial charge in [-0.2, -0.15) is 0 Å². The Morgan fingerprint density at radius 2 is 2.27 bits per heavy atom. The van der Waals surface area contributed by atoms with Crippen molar-refractivity contribution in [1.82, 2.24) is 0 Å². The Bertz CT molecular complexity index is 455. The Hall–Kier alpha value is -2.15. The summed E-state index contributed by atoms with van der Waals surface area (Å²) in [6, 6.07) is 3.84. The van der Waals surface area contributed by atoms with Gasteiger partial charge in [-0.05, 0) is 24.1 Å². The minimum Gasteiger partial charge on any atom is -0.481 e. The fraction of sp³-hybridized carbons (Fsp3) is 0.0909. The van der Waals surface area contributed by atoms with Gasteiger partial charge in [0.05, 0.1) is 6.42 Å². The van der Waals surface area contributed by atoms with Crippen molar-refractivity contribution in [1.29, 1.82) is 0 Å². The fourth-order valence-electron chi connectivity index (χ4n) is 1.06. The Balaban J connectivity index is 3.04. The first-order chi connectivity index (χ1) is 7.13. The van der Waals surface area contributed by atoms with Gasteiger partial charge in [-0.25, -0.2) is 4.39 Å². The normalized spacial score (nSPS) is 8.87. The van der Waals surface area contributed by atoms with E-state index in [1.54, 1.807) is 0 Å². The molecule has 0 unspecified atom stereocenters. The van der Waals surface area contributed by atoms with E-state index in [4.69, 9.17) is 5.11 Å². The van der Waals surface area contributed by atoms with Gasteiger partial charge in [-0.1, -0.05) is 5.92 Å². The van der Waals surface area contributed by atoms with Gasteiger partial charge in [0.1, 0.15) is 5.82 Å². The first kappa shape index (κ1) is 10.9. The highest BCUT2D eigenvalue weighted by Crippen LogP contribution is 2.10. The third kappa shape index (κ3) is 3.24. The van der Waals surface area contributed by atoms with Crippen LogP contribution in [0.3, 0.4) is 0 Å². The van der Waals surface area contributed by atoms with Gasteiger partial charge in [-0.15, -0.1) is 0 Å². The molecule has 0 aliphatic heterocycles. The summed E-state index contributed by atoms with van der Waals surface area (Å²) in [4.78, 5) is 20.4. The number of carbonyl (C=O) groups is 2. The SMILES string of the molecule is O=CC#Cc1ccc(F)c(CC(=O)O)c1. The second kappa shape index (κ2) is 4.91. The average molecular weight is 206 g/mol. The van der Waals surface area contributed by atoms with Crippen molar-refractivity contribution in [2.24, 2.45) is 0 Å². The zero-order chi connectivity index (χ0) is 11.3. The average Bonchev–Trinajstić information content (AvgIpc) is 2.18. The van der Waals surface area contributed by atoms with Gasteiger partial charge in [-0.3, -0.25) is 9.59 Å². The molecule has 0 bridgehead atoms. The summed E-state index contributed by atoms with van der Waals surface area (Å²) >= 11 is 0. The maximum Gasteiger partial charge on any atom is 0.307 e. The molecule has 1 aromatic carbocycles. The topological polar surface area (TPSA) is 54.4 Å². The van der Waals surface area contributed by atoms with E-state index in [0.29, 0.717) is 11.8 Å². The molecule has 1 aromatic rings. The molecular formula is C11H7FO3. The van der Waals surface area contributed by atoms with E-state index in [-0.39, 0.29) is 5.56 Å². The lowest BCUT2D eigenvalue weighted by molar-refractivity contribution is -0.136. The Morgan fingerprint density at radius 3 is 2.87 bits per heavy atom. The highest BCUT2D eigenvalue weighted by atomic mass is 19.1. The summed E-state index contributed by atoms with van der Waals surface area (Å²) in [5, 5.41) is 8.50. The van der Waals surface area contributed by atoms with E-state index >= 15 is 0 Å². The third-order valence-corrected chi connectivity index (χ3v) is 1.66. The van der Waals surface area contributed by atoms with Gasteiger partial charge in [0.15, 0.2) is 6.29 Å². The smallest absolute Gasteiger partial charge is 0.307 e. The molecule has 0 aliphatic carbocycles. The number of carboxylic acids is 1. The van der Waals surface area contributed by atoms with E-state index in [1.807, 2.05) is 0 Å². The lowest BCUT2D eigenvalue weighted by atomic mass is 10.1. The quantitative estimate of drug-likeness (QED) is 0.580. The van der Waals surface area contributed by atoms with Gasteiger partial charge in [0.25, 0.3) is 0 Å². The first-order valence-corrected chi connectivity index (χ1v) is 4.09. The maximum absolute atomic E-state index is 13.1. The number of carbonyl (C=O) groups excluding carboxylic acids is 1. The van der Waals surface area contributed by atoms with Crippen molar-refractivity contribution in [3.8, 4) is 11.8 Å². The van der Waals surface area contributed by atoms with E-state index in [0.717, 1.165) is 6.07 Å². The highest BCUT2D eigenvalue weighted by Gasteiger charge is 2.06. The van der Waals surface area contributed by atoms with Crippen LogP contribution in [-0.2, 0) is 16.0 Å². The molecule has 1 N–H and O–H groups in total. The Morgan fingerprint density at radius 1 is 1.53 bits per heavy atom. The van der Waals surface area contributed by atoms with Crippen molar-refractivity contribution in [2.75, 3.05) is 0 Å². The lowest BCUT2D eigenvalue weighted by Crippen LogP contribution is -2.02. The predicted octanol–water partition coefficient (Wildman–Crippen LogP) is 1.00. The van der Waals surface area contributed by atoms with E-state index < -0.39 is 18.2 Å². The maximum atomic E-state index is 13.1. The molecule has 0 heterocycles. The number of aldehydes is 1. The van der Waals surface area contributed by atoms with Crippen LogP contribution >= 0.6 is 0 Å². The molecule has 0 radical (unpaired) electrons. The van der Waals surface area contributed by atoms with Crippen molar-refractivity contribution in [3.63, 3.8) is 0 Å². The van der Waals surface area contributed by atoms with Gasteiger partial charge < -0.3 is 5.11 Å². The van der Waals surface area contributed by atoms with E-state index in [9.17, 15) is 14.0 Å². The monoisotopic (exact) mass is 206 g/mol. The van der Waals surface area contributed by atoms with Crippen molar-refractivity contribution in [2.45, 2.75) is 6.42 Å². The zero-order valence-electron chi connectivity index (χ0n) is 7.66. The number of aliphatic carboxylic acids is 1. The number of rotatable bonds is 2. The largest absolute Gasteiger partial charge is 0.481 e. The standard InChI is InChI=1S/C11H7FO3/c12-10-4-3-8(2-1-5-13)6-9(10)7-11(14)15/h3-6H,7H2,(H,14,15). The minimum atomic E-state index is -1.12. The summed E-state index contributed by atoms with van der Waals surface area (Å²) in [6.07, 6.45) is 0.0165. The van der Waals surface area contributed by atoms with E-state index in [2.05, 4.69) is 11.8 Å². The van der Waals surface area contributed by atoms with Crippen LogP contribution in [0.4, 0.5) is 4.39 Å². The van der Waals surface area contributed by atoms with Crippen LogP contribution in [0.5, 0.6) is 0 Å². The molecule has 0 saturated heterocycles. The Kier molecular flexibility index (Phi) is 3.58. The first-order valence-electron chi connectivity index (χ1n) is 4.09. The number of carboxylic acid groups (broad SMARTS) is 1. The highest BCUT2D eigenvalue weighted by molar-refractivity contribution is 5.74. The number of hydrogen-bond acceptors (Lipinski definition) is 2. The fourth-order valence-corrected chi connectivity index (χ4v) is 1.06. The van der Waals surface area contributed by atoms with Crippen molar-refractivity contribution >= 4 is 12.3 Å². The molecule has 1 rings (SSSR count). The van der Waals surface area contributed by atoms with Crippen LogP contribution in [0.15, 0.2) is 18.2 Å². The Labute approximate surface area is 85.5 Å². The molecule has 0 atom stereocenters. The second-order valence-electron chi connectivity index (χ2n) is 2.76. The number of halogens is 1. The zero-order valence-corrected chi connectivity index (χ0v) is 7.66. The van der Waals surface area contributed by atoms with Crippen molar-refractivity contribution in [3.05, 3.63) is 35.1 Å². The number of benzene rings is 1. The van der Waals surface area contributed by atoms with Crippen molar-refractivity contribution < 1.29 is 19.1 Å². The molecule has 0 aromatic heterocycles. The molecule has 3 nitrogen and oxygen atoms in total. The molecule has 4 heteroatoms. The lowest BCUT2D eigenvalue weighted by Gasteiger charge is -1.99. The van der Waals surface area contributed by atoms with Gasteiger partial charge in [0, 0.05) is 11.1 Å². The molecule has 0 fully saturated rings. The predicted molar refractivity (Wildman–Crippen MR) is 50.7 cm³/mol. The minimum absolute atomic E-state index is 0.0557. The summed E-state index contributed by atoms with van der Waals surface area (Å²) in [5.41, 5.74) is 0.472. The molecular weight excluding hydrogens is 199 g/mol. The molecule has 0 spiro atoms. The summed E-state index contributed by atoms with van der Waals surface area (Å²) in [7, 11) is 0. The van der Waals surface area contributed by atoms with Crippen LogP contribution in [0.25, 0.3) is 0 Å². The van der Waals surface area contributed by atoms with Crippen LogP contribution in [0, 0.1) is 17.7 Å². The van der Waals surface area contributed by atoms with Crippen LogP contribution in [-0.4, -0.2) is 17.4 Å². The molecule has 0 amide bonds. The summed E-state index contributed by atoms with van der Waals surface area (Å²) < 4.78 is 13.1. The second-order valence-corrected chi connectivity index (χ2v) is 2.76. The summed E-state index contributed by atoms with van der Waals surface area (Å²) in [6.45, 7) is 0. The molecule has 76 valence electrons. The molecule has 15 heavy (non-hydrogen) atoms. The van der Waals surface area contributed by atoms with Gasteiger partial charge >= 0.3 is 5.97 Å².